The van der Waals surface area contributed by atoms with Crippen molar-refractivity contribution in [3.8, 4) is 0 Å². The van der Waals surface area contributed by atoms with Crippen LogP contribution in [-0.4, -0.2) is 65.7 Å². The van der Waals surface area contributed by atoms with Gasteiger partial charge in [0.15, 0.2) is 5.96 Å². The topological polar surface area (TPSA) is 94.9 Å². The van der Waals surface area contributed by atoms with Crippen LogP contribution >= 0.6 is 0 Å². The second-order valence-corrected chi connectivity index (χ2v) is 6.84. The van der Waals surface area contributed by atoms with Gasteiger partial charge in [0.2, 0.25) is 11.8 Å². The van der Waals surface area contributed by atoms with Crippen LogP contribution in [0.1, 0.15) is 12.5 Å². The van der Waals surface area contributed by atoms with Crippen molar-refractivity contribution in [2.45, 2.75) is 13.3 Å². The second-order valence-electron chi connectivity index (χ2n) is 6.84. The number of anilines is 2. The number of guanidine groups is 1. The summed E-state index contributed by atoms with van der Waals surface area (Å²) < 4.78 is 1.67. The number of aryl methyl sites for hydroxylation is 2. The maximum absolute atomic E-state index is 12.6. The van der Waals surface area contributed by atoms with E-state index in [0.29, 0.717) is 19.0 Å². The van der Waals surface area contributed by atoms with Gasteiger partial charge < -0.3 is 20.4 Å². The molecule has 1 aliphatic rings. The Kier molecular flexibility index (Phi) is 6.48. The summed E-state index contributed by atoms with van der Waals surface area (Å²) in [6, 6.07) is 7.78. The lowest BCUT2D eigenvalue weighted by Crippen LogP contribution is -2.56. The highest BCUT2D eigenvalue weighted by Gasteiger charge is 2.27. The molecule has 1 aromatic heterocycles. The third-order valence-electron chi connectivity index (χ3n) is 4.76. The van der Waals surface area contributed by atoms with E-state index in [9.17, 15) is 9.59 Å². The molecule has 1 saturated heterocycles. The van der Waals surface area contributed by atoms with Gasteiger partial charge in [-0.25, -0.2) is 0 Å². The predicted molar refractivity (Wildman–Crippen MR) is 113 cm³/mol. The summed E-state index contributed by atoms with van der Waals surface area (Å²) in [5.41, 5.74) is 2.72. The first kappa shape index (κ1) is 20.4. The lowest BCUT2D eigenvalue weighted by molar-refractivity contribution is -0.120. The molecular weight excluding hydrogens is 370 g/mol. The van der Waals surface area contributed by atoms with Crippen LogP contribution in [0.15, 0.2) is 41.7 Å². The summed E-state index contributed by atoms with van der Waals surface area (Å²) in [6.45, 7) is 3.47. The largest absolute Gasteiger partial charge is 0.347 e. The monoisotopic (exact) mass is 397 g/mol. The molecule has 0 aliphatic carbocycles. The average Bonchev–Trinajstić information content (AvgIpc) is 3.14. The first-order valence-electron chi connectivity index (χ1n) is 9.63. The average molecular weight is 397 g/mol. The standard InChI is InChI=1S/C20H27N7O2/c1-4-15-6-5-7-16(10-15)24-18(28)12-22-20(21-2)26-8-9-27(19(29)14-26)17-11-23-25(3)13-17/h5-7,10-11,13H,4,8-9,12,14H2,1-3H3,(H,21,22)(H,24,28). The third kappa shape index (κ3) is 5.13. The molecule has 0 bridgehead atoms. The van der Waals surface area contributed by atoms with Crippen LogP contribution in [0.4, 0.5) is 11.4 Å². The van der Waals surface area contributed by atoms with Crippen LogP contribution in [0.5, 0.6) is 0 Å². The Morgan fingerprint density at radius 1 is 1.31 bits per heavy atom. The normalized spacial score (nSPS) is 14.9. The number of hydrogen-bond donors (Lipinski definition) is 2. The molecule has 1 aromatic carbocycles. The van der Waals surface area contributed by atoms with Gasteiger partial charge in [-0.3, -0.25) is 19.3 Å². The lowest BCUT2D eigenvalue weighted by atomic mass is 10.1. The fourth-order valence-electron chi connectivity index (χ4n) is 3.24. The Balaban J connectivity index is 1.52. The van der Waals surface area contributed by atoms with E-state index >= 15 is 0 Å². The molecule has 0 unspecified atom stereocenters. The van der Waals surface area contributed by atoms with E-state index in [1.54, 1.807) is 22.8 Å². The van der Waals surface area contributed by atoms with Crippen molar-refractivity contribution in [2.24, 2.45) is 12.0 Å². The molecule has 2 amide bonds. The van der Waals surface area contributed by atoms with Crippen molar-refractivity contribution < 1.29 is 9.59 Å². The van der Waals surface area contributed by atoms with E-state index in [0.717, 1.165) is 23.4 Å². The number of carbonyl (C=O) groups excluding carboxylic acids is 2. The Labute approximate surface area is 170 Å². The smallest absolute Gasteiger partial charge is 0.246 e. The first-order valence-corrected chi connectivity index (χ1v) is 9.63. The Morgan fingerprint density at radius 3 is 2.79 bits per heavy atom. The van der Waals surface area contributed by atoms with Crippen molar-refractivity contribution in [1.82, 2.24) is 20.0 Å². The van der Waals surface area contributed by atoms with Crippen LogP contribution in [0.2, 0.25) is 0 Å². The zero-order valence-corrected chi connectivity index (χ0v) is 17.1. The van der Waals surface area contributed by atoms with E-state index in [-0.39, 0.29) is 24.9 Å². The van der Waals surface area contributed by atoms with Crippen LogP contribution in [0, 0.1) is 0 Å². The molecule has 0 saturated carbocycles. The molecule has 0 atom stereocenters. The van der Waals surface area contributed by atoms with Crippen molar-refractivity contribution in [1.29, 1.82) is 0 Å². The highest BCUT2D eigenvalue weighted by atomic mass is 16.2. The number of amides is 2. The molecule has 29 heavy (non-hydrogen) atoms. The summed E-state index contributed by atoms with van der Waals surface area (Å²) in [5, 5.41) is 10.0. The zero-order chi connectivity index (χ0) is 20.8. The number of aliphatic imine (C=N–C) groups is 1. The van der Waals surface area contributed by atoms with Crippen molar-refractivity contribution in [3.05, 3.63) is 42.2 Å². The summed E-state index contributed by atoms with van der Waals surface area (Å²) in [7, 11) is 3.46. The summed E-state index contributed by atoms with van der Waals surface area (Å²) in [4.78, 5) is 32.6. The fraction of sp³-hybridized carbons (Fsp3) is 0.400. The van der Waals surface area contributed by atoms with Gasteiger partial charge in [0.05, 0.1) is 18.4 Å². The summed E-state index contributed by atoms with van der Waals surface area (Å²) >= 11 is 0. The Morgan fingerprint density at radius 2 is 2.14 bits per heavy atom. The molecule has 0 radical (unpaired) electrons. The minimum Gasteiger partial charge on any atom is -0.347 e. The number of hydrogen-bond acceptors (Lipinski definition) is 4. The second kappa shape index (κ2) is 9.22. The van der Waals surface area contributed by atoms with Crippen LogP contribution in [0.25, 0.3) is 0 Å². The van der Waals surface area contributed by atoms with Gasteiger partial charge in [-0.05, 0) is 24.1 Å². The van der Waals surface area contributed by atoms with Crippen molar-refractivity contribution in [2.75, 3.05) is 43.4 Å². The molecule has 154 valence electrons. The molecular formula is C20H27N7O2. The molecule has 9 nitrogen and oxygen atoms in total. The van der Waals surface area contributed by atoms with Gasteiger partial charge in [-0.1, -0.05) is 19.1 Å². The highest BCUT2D eigenvalue weighted by Crippen LogP contribution is 2.16. The van der Waals surface area contributed by atoms with E-state index in [4.69, 9.17) is 0 Å². The molecule has 9 heteroatoms. The number of rotatable bonds is 5. The predicted octanol–water partition coefficient (Wildman–Crippen LogP) is 0.845. The van der Waals surface area contributed by atoms with E-state index in [1.807, 2.05) is 42.4 Å². The lowest BCUT2D eigenvalue weighted by Gasteiger charge is -2.35. The molecule has 1 aliphatic heterocycles. The number of nitrogens with one attached hydrogen (secondary N) is 2. The maximum Gasteiger partial charge on any atom is 0.246 e. The minimum atomic E-state index is -0.167. The molecule has 1 fully saturated rings. The van der Waals surface area contributed by atoms with Crippen molar-refractivity contribution >= 4 is 29.1 Å². The van der Waals surface area contributed by atoms with E-state index in [2.05, 4.69) is 27.6 Å². The molecule has 2 heterocycles. The number of aromatic nitrogens is 2. The van der Waals surface area contributed by atoms with Crippen LogP contribution in [0.3, 0.4) is 0 Å². The van der Waals surface area contributed by atoms with Crippen LogP contribution in [-0.2, 0) is 23.1 Å². The summed E-state index contributed by atoms with van der Waals surface area (Å²) in [5.74, 6) is 0.328. The number of benzene rings is 1. The Hall–Kier alpha value is -3.36. The SMILES string of the molecule is CCc1cccc(NC(=O)CNC(=NC)N2CCN(c3cnn(C)c3)C(=O)C2)c1. The Bertz CT molecular complexity index is 906. The molecule has 2 N–H and O–H groups in total. The molecule has 2 aromatic rings. The van der Waals surface area contributed by atoms with Crippen LogP contribution < -0.4 is 15.5 Å². The first-order chi connectivity index (χ1) is 14.0. The number of carbonyl (C=O) groups is 2. The fourth-order valence-corrected chi connectivity index (χ4v) is 3.24. The number of piperazine rings is 1. The minimum absolute atomic E-state index is 0.0342. The molecule has 0 spiro atoms. The van der Waals surface area contributed by atoms with Gasteiger partial charge in [-0.15, -0.1) is 0 Å². The van der Waals surface area contributed by atoms with Gasteiger partial charge >= 0.3 is 0 Å². The zero-order valence-electron chi connectivity index (χ0n) is 17.1. The number of nitrogens with zero attached hydrogens (tertiary/aromatic N) is 5. The van der Waals surface area contributed by atoms with E-state index < -0.39 is 0 Å². The van der Waals surface area contributed by atoms with Gasteiger partial charge in [0, 0.05) is 39.1 Å². The highest BCUT2D eigenvalue weighted by molar-refractivity contribution is 5.99. The summed E-state index contributed by atoms with van der Waals surface area (Å²) in [6.07, 6.45) is 4.41. The molecule has 3 rings (SSSR count). The van der Waals surface area contributed by atoms with Crippen molar-refractivity contribution in [3.63, 3.8) is 0 Å². The van der Waals surface area contributed by atoms with Gasteiger partial charge in [-0.2, -0.15) is 5.10 Å². The van der Waals surface area contributed by atoms with Gasteiger partial charge in [0.25, 0.3) is 0 Å². The quantitative estimate of drug-likeness (QED) is 0.576. The van der Waals surface area contributed by atoms with E-state index in [1.165, 1.54) is 0 Å². The maximum atomic E-state index is 12.6. The van der Waals surface area contributed by atoms with Gasteiger partial charge in [0.1, 0.15) is 6.54 Å². The third-order valence-corrected chi connectivity index (χ3v) is 4.76.